The fourth-order valence-electron chi connectivity index (χ4n) is 3.46. The van der Waals surface area contributed by atoms with Crippen LogP contribution in [0.15, 0.2) is 60.0 Å². The van der Waals surface area contributed by atoms with E-state index in [1.807, 2.05) is 61.5 Å². The first-order valence-corrected chi connectivity index (χ1v) is 12.4. The van der Waals surface area contributed by atoms with Gasteiger partial charge in [0.05, 0.1) is 6.61 Å². The van der Waals surface area contributed by atoms with Crippen molar-refractivity contribution < 1.29 is 22.7 Å². The number of benzene rings is 2. The number of piperidine rings is 1. The molecule has 7 nitrogen and oxygen atoms in total. The summed E-state index contributed by atoms with van der Waals surface area (Å²) in [6, 6.07) is 16.8. The van der Waals surface area contributed by atoms with Gasteiger partial charge in [-0.15, -0.1) is 0 Å². The Hall–Kier alpha value is -2.84. The number of ether oxygens (including phenoxy) is 2. The summed E-state index contributed by atoms with van der Waals surface area (Å²) in [5, 5.41) is 1.12. The monoisotopic (exact) mass is 458 g/mol. The van der Waals surface area contributed by atoms with E-state index < -0.39 is 10.0 Å². The molecular formula is C24H30N2O5S. The first kappa shape index (κ1) is 23.8. The zero-order valence-electron chi connectivity index (χ0n) is 18.3. The molecule has 0 aromatic heterocycles. The Labute approximate surface area is 190 Å². The second-order valence-corrected chi connectivity index (χ2v) is 9.13. The van der Waals surface area contributed by atoms with Crippen LogP contribution >= 0.6 is 0 Å². The van der Waals surface area contributed by atoms with Crippen LogP contribution in [0, 0.1) is 0 Å². The number of nitrogens with one attached hydrogen (secondary N) is 1. The maximum atomic E-state index is 12.5. The van der Waals surface area contributed by atoms with E-state index in [0.717, 1.165) is 35.3 Å². The average molecular weight is 459 g/mol. The highest BCUT2D eigenvalue weighted by molar-refractivity contribution is 7.92. The molecule has 0 saturated carbocycles. The molecule has 8 heteroatoms. The van der Waals surface area contributed by atoms with Crippen molar-refractivity contribution in [2.45, 2.75) is 32.3 Å². The number of carbonyl (C=O) groups excluding carboxylic acids is 1. The van der Waals surface area contributed by atoms with E-state index in [0.29, 0.717) is 19.7 Å². The molecule has 3 rings (SSSR count). The molecular weight excluding hydrogens is 428 g/mol. The van der Waals surface area contributed by atoms with Crippen LogP contribution in [0.3, 0.4) is 0 Å². The molecule has 0 bridgehead atoms. The van der Waals surface area contributed by atoms with Gasteiger partial charge in [0.25, 0.3) is 0 Å². The standard InChI is InChI=1S/C24H30N2O5S/c1-2-30-22-10-6-7-11-23(22)31-21-13-17-26(18-14-21)24(27)12-16-25-32(28,29)19-15-20-8-4-3-5-9-20/h3-11,15,19,21,25H,2,12-14,16-18H2,1H3/b19-15+. The zero-order valence-corrected chi connectivity index (χ0v) is 19.1. The molecule has 1 heterocycles. The van der Waals surface area contributed by atoms with Gasteiger partial charge in [0.2, 0.25) is 15.9 Å². The number of para-hydroxylation sites is 2. The van der Waals surface area contributed by atoms with Gasteiger partial charge in [-0.25, -0.2) is 13.1 Å². The van der Waals surface area contributed by atoms with Crippen molar-refractivity contribution >= 4 is 22.0 Å². The van der Waals surface area contributed by atoms with Crippen LogP contribution < -0.4 is 14.2 Å². The number of carbonyl (C=O) groups is 1. The quantitative estimate of drug-likeness (QED) is 0.590. The second-order valence-electron chi connectivity index (χ2n) is 7.48. The summed E-state index contributed by atoms with van der Waals surface area (Å²) in [5.74, 6) is 1.38. The zero-order chi connectivity index (χ0) is 22.8. The maximum Gasteiger partial charge on any atom is 0.233 e. The van der Waals surface area contributed by atoms with Crippen molar-refractivity contribution in [2.24, 2.45) is 0 Å². The molecule has 2 aromatic rings. The van der Waals surface area contributed by atoms with E-state index >= 15 is 0 Å². The van der Waals surface area contributed by atoms with Crippen LogP contribution in [0.2, 0.25) is 0 Å². The van der Waals surface area contributed by atoms with E-state index in [2.05, 4.69) is 4.72 Å². The van der Waals surface area contributed by atoms with Crippen LogP contribution in [0.4, 0.5) is 0 Å². The molecule has 1 fully saturated rings. The Kier molecular flexibility index (Phi) is 8.70. The van der Waals surface area contributed by atoms with Crippen molar-refractivity contribution in [3.05, 3.63) is 65.6 Å². The van der Waals surface area contributed by atoms with Gasteiger partial charge < -0.3 is 14.4 Å². The Morgan fingerprint density at radius 2 is 1.72 bits per heavy atom. The van der Waals surface area contributed by atoms with Gasteiger partial charge in [-0.05, 0) is 30.7 Å². The van der Waals surface area contributed by atoms with E-state index in [1.165, 1.54) is 6.08 Å². The van der Waals surface area contributed by atoms with Crippen LogP contribution in [0.1, 0.15) is 31.7 Å². The van der Waals surface area contributed by atoms with Crippen molar-refractivity contribution in [1.29, 1.82) is 0 Å². The van der Waals surface area contributed by atoms with E-state index in [9.17, 15) is 13.2 Å². The van der Waals surface area contributed by atoms with Crippen LogP contribution in [0.5, 0.6) is 11.5 Å². The lowest BCUT2D eigenvalue weighted by Crippen LogP contribution is -2.42. The summed E-state index contributed by atoms with van der Waals surface area (Å²) in [7, 11) is -3.59. The normalized spacial score (nSPS) is 15.1. The number of hydrogen-bond donors (Lipinski definition) is 1. The SMILES string of the molecule is CCOc1ccccc1OC1CCN(C(=O)CCNS(=O)(=O)/C=C/c2ccccc2)CC1. The first-order valence-electron chi connectivity index (χ1n) is 10.9. The predicted molar refractivity (Wildman–Crippen MR) is 125 cm³/mol. The first-order chi connectivity index (χ1) is 15.5. The highest BCUT2D eigenvalue weighted by atomic mass is 32.2. The Bertz CT molecular complexity index is 1000. The summed E-state index contributed by atoms with van der Waals surface area (Å²) in [6.07, 6.45) is 3.10. The fraction of sp³-hybridized carbons (Fsp3) is 0.375. The number of likely N-dealkylation sites (tertiary alicyclic amines) is 1. The second kappa shape index (κ2) is 11.7. The number of hydrogen-bond acceptors (Lipinski definition) is 5. The van der Waals surface area contributed by atoms with Gasteiger partial charge in [0.15, 0.2) is 11.5 Å². The number of sulfonamides is 1. The smallest absolute Gasteiger partial charge is 0.233 e. The Morgan fingerprint density at radius 3 is 2.41 bits per heavy atom. The molecule has 0 radical (unpaired) electrons. The van der Waals surface area contributed by atoms with E-state index in [4.69, 9.17) is 9.47 Å². The maximum absolute atomic E-state index is 12.5. The summed E-state index contributed by atoms with van der Waals surface area (Å²) in [6.45, 7) is 3.74. The fourth-order valence-corrected chi connectivity index (χ4v) is 4.28. The molecule has 1 aliphatic heterocycles. The van der Waals surface area contributed by atoms with Gasteiger partial charge in [0, 0.05) is 44.3 Å². The van der Waals surface area contributed by atoms with Crippen molar-refractivity contribution in [3.63, 3.8) is 0 Å². The highest BCUT2D eigenvalue weighted by Gasteiger charge is 2.24. The molecule has 1 N–H and O–H groups in total. The third kappa shape index (κ3) is 7.39. The molecule has 0 atom stereocenters. The van der Waals surface area contributed by atoms with Gasteiger partial charge in [-0.3, -0.25) is 4.79 Å². The van der Waals surface area contributed by atoms with E-state index in [-0.39, 0.29) is 25.0 Å². The minimum absolute atomic E-state index is 0.0160. The van der Waals surface area contributed by atoms with Gasteiger partial charge in [-0.2, -0.15) is 0 Å². The van der Waals surface area contributed by atoms with E-state index in [1.54, 1.807) is 4.90 Å². The Balaban J connectivity index is 1.40. The molecule has 2 aromatic carbocycles. The molecule has 1 saturated heterocycles. The minimum atomic E-state index is -3.59. The molecule has 0 aliphatic carbocycles. The third-order valence-electron chi connectivity index (χ3n) is 5.12. The lowest BCUT2D eigenvalue weighted by Gasteiger charge is -2.32. The summed E-state index contributed by atoms with van der Waals surface area (Å²) in [4.78, 5) is 14.2. The summed E-state index contributed by atoms with van der Waals surface area (Å²) >= 11 is 0. The molecule has 172 valence electrons. The number of amides is 1. The molecule has 1 aliphatic rings. The number of rotatable bonds is 10. The largest absolute Gasteiger partial charge is 0.490 e. The minimum Gasteiger partial charge on any atom is -0.490 e. The molecule has 32 heavy (non-hydrogen) atoms. The highest BCUT2D eigenvalue weighted by Crippen LogP contribution is 2.29. The van der Waals surface area contributed by atoms with Crippen LogP contribution in [0.25, 0.3) is 6.08 Å². The molecule has 0 spiro atoms. The third-order valence-corrected chi connectivity index (χ3v) is 6.22. The topological polar surface area (TPSA) is 84.9 Å². The molecule has 1 amide bonds. The Morgan fingerprint density at radius 1 is 1.06 bits per heavy atom. The average Bonchev–Trinajstić information content (AvgIpc) is 2.80. The van der Waals surface area contributed by atoms with Gasteiger partial charge in [-0.1, -0.05) is 42.5 Å². The summed E-state index contributed by atoms with van der Waals surface area (Å²) in [5.41, 5.74) is 0.794. The number of nitrogens with zero attached hydrogens (tertiary/aromatic N) is 1. The van der Waals surface area contributed by atoms with Crippen molar-refractivity contribution in [3.8, 4) is 11.5 Å². The van der Waals surface area contributed by atoms with Crippen molar-refractivity contribution in [2.75, 3.05) is 26.2 Å². The van der Waals surface area contributed by atoms with Crippen LogP contribution in [-0.2, 0) is 14.8 Å². The van der Waals surface area contributed by atoms with Gasteiger partial charge in [0.1, 0.15) is 6.10 Å². The lowest BCUT2D eigenvalue weighted by molar-refractivity contribution is -0.132. The van der Waals surface area contributed by atoms with Crippen LogP contribution in [-0.4, -0.2) is 51.6 Å². The predicted octanol–water partition coefficient (Wildman–Crippen LogP) is 3.44. The lowest BCUT2D eigenvalue weighted by atomic mass is 10.1. The van der Waals surface area contributed by atoms with Crippen molar-refractivity contribution in [1.82, 2.24) is 9.62 Å². The summed E-state index contributed by atoms with van der Waals surface area (Å²) < 4.78 is 38.4. The van der Waals surface area contributed by atoms with Gasteiger partial charge >= 0.3 is 0 Å². The molecule has 0 unspecified atom stereocenters.